The number of rotatable bonds is 4. The SMILES string of the molecule is CNc1cn2ccnc2c(NCC2COCCO2)n1. The van der Waals surface area contributed by atoms with Crippen molar-refractivity contribution in [3.05, 3.63) is 18.6 Å². The maximum Gasteiger partial charge on any atom is 0.180 e. The first-order chi connectivity index (χ1) is 9.36. The summed E-state index contributed by atoms with van der Waals surface area (Å²) in [7, 11) is 1.84. The molecule has 2 aromatic rings. The van der Waals surface area contributed by atoms with Gasteiger partial charge in [0, 0.05) is 26.0 Å². The summed E-state index contributed by atoms with van der Waals surface area (Å²) in [6.45, 7) is 2.59. The monoisotopic (exact) mass is 263 g/mol. The van der Waals surface area contributed by atoms with Gasteiger partial charge in [0.25, 0.3) is 0 Å². The summed E-state index contributed by atoms with van der Waals surface area (Å²) in [6, 6.07) is 0. The van der Waals surface area contributed by atoms with Gasteiger partial charge in [-0.15, -0.1) is 0 Å². The normalized spacial score (nSPS) is 19.5. The predicted molar refractivity (Wildman–Crippen MR) is 71.6 cm³/mol. The molecule has 1 fully saturated rings. The van der Waals surface area contributed by atoms with E-state index in [1.165, 1.54) is 0 Å². The number of hydrogen-bond donors (Lipinski definition) is 2. The molecule has 1 unspecified atom stereocenters. The Morgan fingerprint density at radius 1 is 1.47 bits per heavy atom. The van der Waals surface area contributed by atoms with Crippen LogP contribution in [0.3, 0.4) is 0 Å². The van der Waals surface area contributed by atoms with Crippen LogP contribution in [0.4, 0.5) is 11.6 Å². The second kappa shape index (κ2) is 5.41. The molecule has 1 saturated heterocycles. The van der Waals surface area contributed by atoms with Crippen LogP contribution < -0.4 is 10.6 Å². The number of fused-ring (bicyclic) bond motifs is 1. The summed E-state index contributed by atoms with van der Waals surface area (Å²) in [4.78, 5) is 8.77. The van der Waals surface area contributed by atoms with E-state index in [0.29, 0.717) is 26.4 Å². The Labute approximate surface area is 110 Å². The Morgan fingerprint density at radius 2 is 2.42 bits per heavy atom. The number of ether oxygens (including phenoxy) is 2. The molecule has 7 nitrogen and oxygen atoms in total. The lowest BCUT2D eigenvalue weighted by atomic mass is 10.3. The molecule has 19 heavy (non-hydrogen) atoms. The van der Waals surface area contributed by atoms with Gasteiger partial charge >= 0.3 is 0 Å². The fraction of sp³-hybridized carbons (Fsp3) is 0.500. The summed E-state index contributed by atoms with van der Waals surface area (Å²) < 4.78 is 12.9. The number of hydrogen-bond acceptors (Lipinski definition) is 6. The minimum atomic E-state index is 0.0591. The lowest BCUT2D eigenvalue weighted by Gasteiger charge is -2.23. The van der Waals surface area contributed by atoms with Gasteiger partial charge in [0.1, 0.15) is 5.82 Å². The first-order valence-electron chi connectivity index (χ1n) is 6.31. The second-order valence-electron chi connectivity index (χ2n) is 4.33. The zero-order chi connectivity index (χ0) is 13.1. The van der Waals surface area contributed by atoms with Gasteiger partial charge in [-0.05, 0) is 0 Å². The molecular weight excluding hydrogens is 246 g/mol. The van der Waals surface area contributed by atoms with Gasteiger partial charge < -0.3 is 24.5 Å². The van der Waals surface area contributed by atoms with E-state index in [1.54, 1.807) is 6.20 Å². The highest BCUT2D eigenvalue weighted by Gasteiger charge is 2.15. The van der Waals surface area contributed by atoms with E-state index in [9.17, 15) is 0 Å². The number of imidazole rings is 1. The molecule has 0 radical (unpaired) electrons. The van der Waals surface area contributed by atoms with Gasteiger partial charge in [0.15, 0.2) is 11.5 Å². The summed E-state index contributed by atoms with van der Waals surface area (Å²) in [5, 5.41) is 6.31. The summed E-state index contributed by atoms with van der Waals surface area (Å²) in [6.07, 6.45) is 5.60. The summed E-state index contributed by atoms with van der Waals surface area (Å²) >= 11 is 0. The van der Waals surface area contributed by atoms with Crippen LogP contribution in [0.2, 0.25) is 0 Å². The van der Waals surface area contributed by atoms with E-state index in [0.717, 1.165) is 17.3 Å². The smallest absolute Gasteiger partial charge is 0.180 e. The zero-order valence-corrected chi connectivity index (χ0v) is 10.8. The molecule has 0 amide bonds. The molecule has 1 aliphatic heterocycles. The number of anilines is 2. The molecule has 0 spiro atoms. The Hall–Kier alpha value is -1.86. The maximum atomic E-state index is 5.59. The highest BCUT2D eigenvalue weighted by Crippen LogP contribution is 2.16. The van der Waals surface area contributed by atoms with Crippen molar-refractivity contribution in [2.45, 2.75) is 6.10 Å². The molecule has 1 aliphatic rings. The maximum absolute atomic E-state index is 5.59. The van der Waals surface area contributed by atoms with Crippen molar-refractivity contribution in [1.82, 2.24) is 14.4 Å². The number of nitrogens with zero attached hydrogens (tertiary/aromatic N) is 3. The molecule has 102 valence electrons. The van der Waals surface area contributed by atoms with Crippen molar-refractivity contribution in [1.29, 1.82) is 0 Å². The van der Waals surface area contributed by atoms with E-state index in [2.05, 4.69) is 20.6 Å². The van der Waals surface area contributed by atoms with E-state index < -0.39 is 0 Å². The Balaban J connectivity index is 1.77. The van der Waals surface area contributed by atoms with E-state index in [-0.39, 0.29) is 6.10 Å². The van der Waals surface area contributed by atoms with Crippen LogP contribution in [0.15, 0.2) is 18.6 Å². The van der Waals surface area contributed by atoms with Crippen molar-refractivity contribution < 1.29 is 9.47 Å². The van der Waals surface area contributed by atoms with Gasteiger partial charge in [-0.25, -0.2) is 9.97 Å². The van der Waals surface area contributed by atoms with Crippen LogP contribution in [0, 0.1) is 0 Å². The lowest BCUT2D eigenvalue weighted by Crippen LogP contribution is -2.34. The van der Waals surface area contributed by atoms with E-state index in [1.807, 2.05) is 23.8 Å². The van der Waals surface area contributed by atoms with Crippen LogP contribution in [-0.4, -0.2) is 53.9 Å². The summed E-state index contributed by atoms with van der Waals surface area (Å²) in [5.41, 5.74) is 0.802. The van der Waals surface area contributed by atoms with Crippen LogP contribution in [-0.2, 0) is 9.47 Å². The summed E-state index contributed by atoms with van der Waals surface area (Å²) in [5.74, 6) is 1.53. The molecule has 3 heterocycles. The Bertz CT molecular complexity index is 550. The second-order valence-corrected chi connectivity index (χ2v) is 4.33. The highest BCUT2D eigenvalue weighted by molar-refractivity contribution is 5.65. The van der Waals surface area contributed by atoms with Crippen LogP contribution >= 0.6 is 0 Å². The Kier molecular flexibility index (Phi) is 3.47. The number of nitrogens with one attached hydrogen (secondary N) is 2. The van der Waals surface area contributed by atoms with Crippen LogP contribution in [0.25, 0.3) is 5.65 Å². The zero-order valence-electron chi connectivity index (χ0n) is 10.8. The Morgan fingerprint density at radius 3 is 3.21 bits per heavy atom. The molecule has 7 heteroatoms. The van der Waals surface area contributed by atoms with Crippen molar-refractivity contribution in [2.75, 3.05) is 44.0 Å². The third-order valence-corrected chi connectivity index (χ3v) is 3.01. The van der Waals surface area contributed by atoms with E-state index >= 15 is 0 Å². The van der Waals surface area contributed by atoms with Gasteiger partial charge in [-0.2, -0.15) is 0 Å². The van der Waals surface area contributed by atoms with Crippen molar-refractivity contribution in [2.24, 2.45) is 0 Å². The molecule has 0 aliphatic carbocycles. The predicted octanol–water partition coefficient (Wildman–Crippen LogP) is 0.598. The van der Waals surface area contributed by atoms with Crippen LogP contribution in [0.1, 0.15) is 0 Å². The number of aromatic nitrogens is 3. The molecule has 1 atom stereocenters. The first-order valence-corrected chi connectivity index (χ1v) is 6.31. The highest BCUT2D eigenvalue weighted by atomic mass is 16.6. The molecule has 0 aromatic carbocycles. The van der Waals surface area contributed by atoms with Crippen molar-refractivity contribution in [3.63, 3.8) is 0 Å². The standard InChI is InChI=1S/C12H17N5O2/c1-13-10-7-17-3-2-14-12(17)11(16-10)15-6-9-8-18-4-5-19-9/h2-3,7,9,13H,4-6,8H2,1H3,(H,15,16). The fourth-order valence-electron chi connectivity index (χ4n) is 2.04. The quantitative estimate of drug-likeness (QED) is 0.841. The third-order valence-electron chi connectivity index (χ3n) is 3.01. The molecular formula is C12H17N5O2. The molecule has 2 N–H and O–H groups in total. The topological polar surface area (TPSA) is 72.7 Å². The molecule has 3 rings (SSSR count). The van der Waals surface area contributed by atoms with Gasteiger partial charge in [0.2, 0.25) is 0 Å². The van der Waals surface area contributed by atoms with Crippen molar-refractivity contribution >= 4 is 17.3 Å². The largest absolute Gasteiger partial charge is 0.376 e. The fourth-order valence-corrected chi connectivity index (χ4v) is 2.04. The van der Waals surface area contributed by atoms with Gasteiger partial charge in [-0.3, -0.25) is 0 Å². The third kappa shape index (κ3) is 2.61. The minimum Gasteiger partial charge on any atom is -0.376 e. The molecule has 0 bridgehead atoms. The minimum absolute atomic E-state index is 0.0591. The lowest BCUT2D eigenvalue weighted by molar-refractivity contribution is -0.0819. The molecule has 0 saturated carbocycles. The van der Waals surface area contributed by atoms with E-state index in [4.69, 9.17) is 9.47 Å². The first kappa shape index (κ1) is 12.2. The van der Waals surface area contributed by atoms with Crippen molar-refractivity contribution in [3.8, 4) is 0 Å². The van der Waals surface area contributed by atoms with Gasteiger partial charge in [0.05, 0.1) is 32.1 Å². The molecule has 2 aromatic heterocycles. The average molecular weight is 263 g/mol. The van der Waals surface area contributed by atoms with Crippen LogP contribution in [0.5, 0.6) is 0 Å². The van der Waals surface area contributed by atoms with Gasteiger partial charge in [-0.1, -0.05) is 0 Å². The average Bonchev–Trinajstić information content (AvgIpc) is 2.94.